The van der Waals surface area contributed by atoms with E-state index in [1.165, 1.54) is 12.3 Å². The fourth-order valence-corrected chi connectivity index (χ4v) is 3.51. The molecule has 0 aliphatic carbocycles. The van der Waals surface area contributed by atoms with E-state index in [1.807, 2.05) is 6.07 Å². The Labute approximate surface area is 160 Å². The van der Waals surface area contributed by atoms with E-state index in [0.717, 1.165) is 25.0 Å². The minimum absolute atomic E-state index is 0.0257. The van der Waals surface area contributed by atoms with E-state index in [9.17, 15) is 13.2 Å². The van der Waals surface area contributed by atoms with Gasteiger partial charge in [0.15, 0.2) is 0 Å². The Morgan fingerprint density at radius 1 is 1.04 bits per heavy atom. The molecule has 0 bridgehead atoms. The van der Waals surface area contributed by atoms with Crippen LogP contribution in [0.3, 0.4) is 0 Å². The van der Waals surface area contributed by atoms with Gasteiger partial charge >= 0.3 is 6.18 Å². The van der Waals surface area contributed by atoms with Gasteiger partial charge in [0.2, 0.25) is 5.95 Å². The minimum atomic E-state index is -4.43. The predicted molar refractivity (Wildman–Crippen MR) is 98.5 cm³/mol. The number of halogens is 3. The van der Waals surface area contributed by atoms with Crippen LogP contribution in [0, 0.1) is 0 Å². The van der Waals surface area contributed by atoms with E-state index in [4.69, 9.17) is 4.74 Å². The molecule has 2 fully saturated rings. The van der Waals surface area contributed by atoms with Gasteiger partial charge < -0.3 is 19.9 Å². The third-order valence-electron chi connectivity index (χ3n) is 4.89. The van der Waals surface area contributed by atoms with Crippen molar-refractivity contribution in [3.63, 3.8) is 0 Å². The highest BCUT2D eigenvalue weighted by Gasteiger charge is 2.37. The van der Waals surface area contributed by atoms with E-state index in [-0.39, 0.29) is 11.9 Å². The molecule has 28 heavy (non-hydrogen) atoms. The Bertz CT molecular complexity index is 812. The van der Waals surface area contributed by atoms with Crippen molar-refractivity contribution in [3.8, 4) is 0 Å². The molecule has 2 aromatic rings. The van der Waals surface area contributed by atoms with Crippen molar-refractivity contribution in [1.29, 1.82) is 0 Å². The normalized spacial score (nSPS) is 20.5. The van der Waals surface area contributed by atoms with E-state index >= 15 is 0 Å². The molecule has 1 atom stereocenters. The molecule has 0 radical (unpaired) electrons. The average Bonchev–Trinajstić information content (AvgIpc) is 3.17. The molecule has 1 N–H and O–H groups in total. The Morgan fingerprint density at radius 2 is 1.86 bits per heavy atom. The Morgan fingerprint density at radius 3 is 2.64 bits per heavy atom. The van der Waals surface area contributed by atoms with Crippen LogP contribution < -0.4 is 15.1 Å². The number of hydrogen-bond donors (Lipinski definition) is 1. The largest absolute Gasteiger partial charge is 0.419 e. The zero-order valence-electron chi connectivity index (χ0n) is 15.2. The Hall–Kier alpha value is -2.62. The van der Waals surface area contributed by atoms with Gasteiger partial charge in [0.1, 0.15) is 11.6 Å². The van der Waals surface area contributed by atoms with Gasteiger partial charge in [0, 0.05) is 44.6 Å². The van der Waals surface area contributed by atoms with Gasteiger partial charge in [-0.3, -0.25) is 0 Å². The number of alkyl halides is 3. The number of aromatic nitrogens is 3. The number of hydrogen-bond acceptors (Lipinski definition) is 7. The number of nitrogens with one attached hydrogen (secondary N) is 1. The van der Waals surface area contributed by atoms with Gasteiger partial charge in [-0.1, -0.05) is 0 Å². The summed E-state index contributed by atoms with van der Waals surface area (Å²) in [6.07, 6.45) is -0.669. The summed E-state index contributed by atoms with van der Waals surface area (Å²) in [5.74, 6) is 1.27. The first-order chi connectivity index (χ1) is 13.5. The third-order valence-corrected chi connectivity index (χ3v) is 4.89. The van der Waals surface area contributed by atoms with Crippen molar-refractivity contribution in [2.45, 2.75) is 18.6 Å². The minimum Gasteiger partial charge on any atom is -0.378 e. The van der Waals surface area contributed by atoms with Gasteiger partial charge in [-0.05, 0) is 24.6 Å². The van der Waals surface area contributed by atoms with Crippen LogP contribution in [0.1, 0.15) is 12.0 Å². The van der Waals surface area contributed by atoms with Crippen LogP contribution in [-0.4, -0.2) is 60.4 Å². The van der Waals surface area contributed by atoms with E-state index in [2.05, 4.69) is 25.2 Å². The van der Waals surface area contributed by atoms with Crippen LogP contribution in [0.15, 0.2) is 30.6 Å². The van der Waals surface area contributed by atoms with Crippen molar-refractivity contribution in [3.05, 3.63) is 36.2 Å². The van der Waals surface area contributed by atoms with Crippen LogP contribution >= 0.6 is 0 Å². The summed E-state index contributed by atoms with van der Waals surface area (Å²) < 4.78 is 45.1. The summed E-state index contributed by atoms with van der Waals surface area (Å²) in [4.78, 5) is 16.6. The molecule has 150 valence electrons. The first-order valence-corrected chi connectivity index (χ1v) is 9.20. The van der Waals surface area contributed by atoms with Crippen molar-refractivity contribution in [2.75, 3.05) is 54.5 Å². The number of pyridine rings is 1. The van der Waals surface area contributed by atoms with Crippen molar-refractivity contribution >= 4 is 17.6 Å². The molecule has 2 aromatic heterocycles. The van der Waals surface area contributed by atoms with E-state index in [1.54, 1.807) is 11.1 Å². The summed E-state index contributed by atoms with van der Waals surface area (Å²) in [5, 5.41) is 3.25. The fraction of sp³-hybridized carbons (Fsp3) is 0.500. The smallest absolute Gasteiger partial charge is 0.378 e. The lowest BCUT2D eigenvalue weighted by molar-refractivity contribution is -0.137. The van der Waals surface area contributed by atoms with Gasteiger partial charge in [0.05, 0.1) is 18.8 Å². The lowest BCUT2D eigenvalue weighted by Crippen LogP contribution is -2.37. The second-order valence-corrected chi connectivity index (χ2v) is 6.79. The molecule has 2 saturated heterocycles. The zero-order valence-corrected chi connectivity index (χ0v) is 15.2. The van der Waals surface area contributed by atoms with Gasteiger partial charge in [-0.15, -0.1) is 0 Å². The highest BCUT2D eigenvalue weighted by Crippen LogP contribution is 2.36. The SMILES string of the molecule is FC(F)(F)c1cccnc1N1CCC(Nc2nccc(N3CCOCC3)n2)C1. The maximum absolute atomic E-state index is 13.3. The van der Waals surface area contributed by atoms with E-state index in [0.29, 0.717) is 38.7 Å². The molecule has 2 aliphatic rings. The Kier molecular flexibility index (Phi) is 5.21. The molecule has 2 aliphatic heterocycles. The summed E-state index contributed by atoms with van der Waals surface area (Å²) in [5.41, 5.74) is -0.707. The highest BCUT2D eigenvalue weighted by atomic mass is 19.4. The maximum Gasteiger partial charge on any atom is 0.419 e. The maximum atomic E-state index is 13.3. The van der Waals surface area contributed by atoms with Crippen LogP contribution in [0.25, 0.3) is 0 Å². The lowest BCUT2D eigenvalue weighted by Gasteiger charge is -2.28. The summed E-state index contributed by atoms with van der Waals surface area (Å²) in [7, 11) is 0. The highest BCUT2D eigenvalue weighted by molar-refractivity contribution is 5.50. The molecule has 4 rings (SSSR count). The molecule has 0 saturated carbocycles. The lowest BCUT2D eigenvalue weighted by atomic mass is 10.2. The van der Waals surface area contributed by atoms with Crippen molar-refractivity contribution < 1.29 is 17.9 Å². The number of ether oxygens (including phenoxy) is 1. The Balaban J connectivity index is 1.43. The first kappa shape index (κ1) is 18.7. The van der Waals surface area contributed by atoms with Crippen LogP contribution in [-0.2, 0) is 10.9 Å². The summed E-state index contributed by atoms with van der Waals surface area (Å²) >= 11 is 0. The molecule has 1 unspecified atom stereocenters. The zero-order chi connectivity index (χ0) is 19.6. The predicted octanol–water partition coefficient (Wildman–Crippen LogP) is 2.42. The van der Waals surface area contributed by atoms with Crippen LogP contribution in [0.2, 0.25) is 0 Å². The third kappa shape index (κ3) is 4.11. The first-order valence-electron chi connectivity index (χ1n) is 9.20. The molecule has 10 heteroatoms. The molecular formula is C18H21F3N6O. The van der Waals surface area contributed by atoms with Gasteiger partial charge in [-0.2, -0.15) is 18.2 Å². The van der Waals surface area contributed by atoms with Gasteiger partial charge in [0.25, 0.3) is 0 Å². The quantitative estimate of drug-likeness (QED) is 0.854. The van der Waals surface area contributed by atoms with E-state index < -0.39 is 11.7 Å². The molecule has 0 spiro atoms. The topological polar surface area (TPSA) is 66.4 Å². The fourth-order valence-electron chi connectivity index (χ4n) is 3.51. The van der Waals surface area contributed by atoms with Crippen LogP contribution in [0.4, 0.5) is 30.8 Å². The van der Waals surface area contributed by atoms with Gasteiger partial charge in [-0.25, -0.2) is 9.97 Å². The number of morpholine rings is 1. The van der Waals surface area contributed by atoms with Crippen LogP contribution in [0.5, 0.6) is 0 Å². The monoisotopic (exact) mass is 394 g/mol. The number of nitrogens with zero attached hydrogens (tertiary/aromatic N) is 5. The second-order valence-electron chi connectivity index (χ2n) is 6.79. The van der Waals surface area contributed by atoms with Crippen molar-refractivity contribution in [2.24, 2.45) is 0 Å². The molecule has 0 aromatic carbocycles. The number of anilines is 3. The molecule has 7 nitrogen and oxygen atoms in total. The number of rotatable bonds is 4. The summed E-state index contributed by atoms with van der Waals surface area (Å²) in [6, 6.07) is 4.17. The molecule has 4 heterocycles. The molecule has 0 amide bonds. The summed E-state index contributed by atoms with van der Waals surface area (Å²) in [6.45, 7) is 3.76. The molecular weight excluding hydrogens is 373 g/mol. The average molecular weight is 394 g/mol. The standard InChI is InChI=1S/C18H21F3N6O/c19-18(20,21)14-2-1-5-22-16(14)27-7-4-13(12-27)24-17-23-6-3-15(25-17)26-8-10-28-11-9-26/h1-3,5-6,13H,4,7-12H2,(H,23,24,25). The second kappa shape index (κ2) is 7.78. The van der Waals surface area contributed by atoms with Crippen molar-refractivity contribution in [1.82, 2.24) is 15.0 Å².